The van der Waals surface area contributed by atoms with Crippen LogP contribution >= 0.6 is 0 Å². The van der Waals surface area contributed by atoms with Crippen molar-refractivity contribution in [2.75, 3.05) is 0 Å². The van der Waals surface area contributed by atoms with Crippen LogP contribution < -0.4 is 5.32 Å². The molecule has 3 nitrogen and oxygen atoms in total. The zero-order valence-corrected chi connectivity index (χ0v) is 6.86. The van der Waals surface area contributed by atoms with E-state index in [4.69, 9.17) is 5.11 Å². The molecule has 0 radical (unpaired) electrons. The quantitative estimate of drug-likeness (QED) is 0.567. The van der Waals surface area contributed by atoms with Crippen molar-refractivity contribution in [2.24, 2.45) is 5.92 Å². The van der Waals surface area contributed by atoms with E-state index in [1.807, 2.05) is 0 Å². The summed E-state index contributed by atoms with van der Waals surface area (Å²) in [6.45, 7) is 0. The lowest BCUT2D eigenvalue weighted by Gasteiger charge is -2.18. The summed E-state index contributed by atoms with van der Waals surface area (Å²) in [6.07, 6.45) is 7.28. The van der Waals surface area contributed by atoms with Gasteiger partial charge in [-0.05, 0) is 25.2 Å². The maximum absolute atomic E-state index is 10.7. The van der Waals surface area contributed by atoms with Crippen LogP contribution in [0.3, 0.4) is 0 Å². The van der Waals surface area contributed by atoms with Gasteiger partial charge < -0.3 is 5.11 Å². The van der Waals surface area contributed by atoms with E-state index in [1.54, 1.807) is 0 Å². The van der Waals surface area contributed by atoms with Crippen molar-refractivity contribution in [3.63, 3.8) is 0 Å². The number of carbonyl (C=O) groups is 1. The molecule has 3 atom stereocenters. The number of carboxylic acid groups (broad SMARTS) is 1. The fourth-order valence-corrected chi connectivity index (χ4v) is 2.12. The Bertz CT molecular complexity index is 225. The molecule has 1 saturated heterocycles. The van der Waals surface area contributed by atoms with E-state index in [0.717, 1.165) is 19.3 Å². The van der Waals surface area contributed by atoms with Gasteiger partial charge in [0.2, 0.25) is 0 Å². The summed E-state index contributed by atoms with van der Waals surface area (Å²) in [4.78, 5) is 10.7. The van der Waals surface area contributed by atoms with Crippen molar-refractivity contribution >= 4 is 5.97 Å². The molecule has 0 aromatic carbocycles. The highest BCUT2D eigenvalue weighted by Crippen LogP contribution is 2.29. The van der Waals surface area contributed by atoms with E-state index >= 15 is 0 Å². The largest absolute Gasteiger partial charge is 0.480 e. The molecule has 1 fully saturated rings. The van der Waals surface area contributed by atoms with Gasteiger partial charge in [-0.1, -0.05) is 12.2 Å². The number of allylic oxidation sites excluding steroid dienone is 1. The lowest BCUT2D eigenvalue weighted by atomic mass is 9.90. The van der Waals surface area contributed by atoms with Crippen LogP contribution in [0.25, 0.3) is 0 Å². The smallest absolute Gasteiger partial charge is 0.320 e. The van der Waals surface area contributed by atoms with Gasteiger partial charge in [0.1, 0.15) is 6.04 Å². The molecule has 2 rings (SSSR count). The van der Waals surface area contributed by atoms with Gasteiger partial charge in [0.25, 0.3) is 0 Å². The Labute approximate surface area is 71.5 Å². The van der Waals surface area contributed by atoms with Crippen LogP contribution in [0.15, 0.2) is 12.2 Å². The fraction of sp³-hybridized carbons (Fsp3) is 0.667. The molecule has 0 aromatic rings. The Morgan fingerprint density at radius 3 is 3.08 bits per heavy atom. The Kier molecular flexibility index (Phi) is 1.89. The minimum absolute atomic E-state index is 0.317. The first-order valence-electron chi connectivity index (χ1n) is 4.43. The molecule has 0 amide bonds. The topological polar surface area (TPSA) is 49.3 Å². The predicted molar refractivity (Wildman–Crippen MR) is 44.8 cm³/mol. The van der Waals surface area contributed by atoms with Crippen molar-refractivity contribution in [2.45, 2.75) is 31.3 Å². The summed E-state index contributed by atoms with van der Waals surface area (Å²) < 4.78 is 0. The fourth-order valence-electron chi connectivity index (χ4n) is 2.12. The third-order valence-electron chi connectivity index (χ3n) is 2.79. The van der Waals surface area contributed by atoms with Crippen molar-refractivity contribution < 1.29 is 9.90 Å². The predicted octanol–water partition coefficient (Wildman–Crippen LogP) is 0.768. The molecular weight excluding hydrogens is 154 g/mol. The molecule has 3 heteroatoms. The molecule has 0 bridgehead atoms. The molecule has 2 aliphatic rings. The van der Waals surface area contributed by atoms with Gasteiger partial charge in [-0.15, -0.1) is 0 Å². The molecule has 0 aromatic heterocycles. The van der Waals surface area contributed by atoms with Crippen molar-refractivity contribution in [3.8, 4) is 0 Å². The first-order chi connectivity index (χ1) is 5.77. The van der Waals surface area contributed by atoms with E-state index in [2.05, 4.69) is 17.5 Å². The van der Waals surface area contributed by atoms with Gasteiger partial charge in [0.15, 0.2) is 0 Å². The number of carboxylic acids is 1. The standard InChI is InChI=1S/C9H13NO2/c11-9(12)8-5-6-3-1-2-4-7(6)10-8/h2,4,6-8,10H,1,3,5H2,(H,11,12)/t6-,7-,8-/m0/s1. The first-order valence-corrected chi connectivity index (χ1v) is 4.43. The van der Waals surface area contributed by atoms with Crippen molar-refractivity contribution in [1.29, 1.82) is 0 Å². The molecule has 1 heterocycles. The summed E-state index contributed by atoms with van der Waals surface area (Å²) in [6, 6.07) is 0.00241. The van der Waals surface area contributed by atoms with Gasteiger partial charge in [0, 0.05) is 6.04 Å². The molecule has 1 aliphatic carbocycles. The number of hydrogen-bond donors (Lipinski definition) is 2. The summed E-state index contributed by atoms with van der Waals surface area (Å²) in [7, 11) is 0. The monoisotopic (exact) mass is 167 g/mol. The normalized spacial score (nSPS) is 39.5. The van der Waals surface area contributed by atoms with E-state index < -0.39 is 5.97 Å². The number of fused-ring (bicyclic) bond motifs is 1. The molecular formula is C9H13NO2. The maximum Gasteiger partial charge on any atom is 0.320 e. The number of aliphatic carboxylic acids is 1. The molecule has 0 unspecified atom stereocenters. The SMILES string of the molecule is O=C(O)[C@@H]1C[C@@H]2CCC=C[C@@H]2N1. The molecule has 2 N–H and O–H groups in total. The summed E-state index contributed by atoms with van der Waals surface area (Å²) in [5.74, 6) is -0.158. The number of hydrogen-bond acceptors (Lipinski definition) is 2. The third-order valence-corrected chi connectivity index (χ3v) is 2.79. The van der Waals surface area contributed by atoms with Gasteiger partial charge in [0.05, 0.1) is 0 Å². The van der Waals surface area contributed by atoms with E-state index in [-0.39, 0.29) is 6.04 Å². The van der Waals surface area contributed by atoms with Gasteiger partial charge in [-0.25, -0.2) is 0 Å². The van der Waals surface area contributed by atoms with Crippen LogP contribution in [-0.2, 0) is 4.79 Å². The third kappa shape index (κ3) is 1.25. The second-order valence-electron chi connectivity index (χ2n) is 3.58. The van der Waals surface area contributed by atoms with E-state index in [9.17, 15) is 4.79 Å². The van der Waals surface area contributed by atoms with E-state index in [0.29, 0.717) is 12.0 Å². The summed E-state index contributed by atoms with van der Waals surface area (Å²) in [5, 5.41) is 11.9. The van der Waals surface area contributed by atoms with Gasteiger partial charge in [-0.3, -0.25) is 10.1 Å². The average molecular weight is 167 g/mol. The molecule has 0 saturated carbocycles. The highest BCUT2D eigenvalue weighted by Gasteiger charge is 2.36. The molecule has 0 spiro atoms. The van der Waals surface area contributed by atoms with E-state index in [1.165, 1.54) is 0 Å². The average Bonchev–Trinajstić information content (AvgIpc) is 2.46. The van der Waals surface area contributed by atoms with Crippen LogP contribution in [0, 0.1) is 5.92 Å². The van der Waals surface area contributed by atoms with Gasteiger partial charge >= 0.3 is 5.97 Å². The Hall–Kier alpha value is -0.830. The van der Waals surface area contributed by atoms with Crippen LogP contribution in [0.5, 0.6) is 0 Å². The second-order valence-corrected chi connectivity index (χ2v) is 3.58. The van der Waals surface area contributed by atoms with Gasteiger partial charge in [-0.2, -0.15) is 0 Å². The lowest BCUT2D eigenvalue weighted by molar-refractivity contribution is -0.139. The molecule has 66 valence electrons. The van der Waals surface area contributed by atoms with Crippen molar-refractivity contribution in [3.05, 3.63) is 12.2 Å². The Morgan fingerprint density at radius 1 is 1.58 bits per heavy atom. The minimum atomic E-state index is -0.710. The number of rotatable bonds is 1. The Morgan fingerprint density at radius 2 is 2.42 bits per heavy atom. The zero-order chi connectivity index (χ0) is 8.55. The first kappa shape index (κ1) is 7.80. The summed E-state index contributed by atoms with van der Waals surface area (Å²) >= 11 is 0. The van der Waals surface area contributed by atoms with Crippen LogP contribution in [-0.4, -0.2) is 23.2 Å². The summed E-state index contributed by atoms with van der Waals surface area (Å²) in [5.41, 5.74) is 0. The van der Waals surface area contributed by atoms with Crippen LogP contribution in [0.2, 0.25) is 0 Å². The molecule has 12 heavy (non-hydrogen) atoms. The highest BCUT2D eigenvalue weighted by molar-refractivity contribution is 5.74. The lowest BCUT2D eigenvalue weighted by Crippen LogP contribution is -2.35. The second kappa shape index (κ2) is 2.90. The maximum atomic E-state index is 10.7. The number of nitrogens with one attached hydrogen (secondary N) is 1. The molecule has 1 aliphatic heterocycles. The zero-order valence-electron chi connectivity index (χ0n) is 6.86. The Balaban J connectivity index is 2.05. The minimum Gasteiger partial charge on any atom is -0.480 e. The highest BCUT2D eigenvalue weighted by atomic mass is 16.4. The van der Waals surface area contributed by atoms with Crippen molar-refractivity contribution in [1.82, 2.24) is 5.32 Å². The van der Waals surface area contributed by atoms with Crippen LogP contribution in [0.1, 0.15) is 19.3 Å². The van der Waals surface area contributed by atoms with Crippen LogP contribution in [0.4, 0.5) is 0 Å².